The number of hydrogen-bond acceptors (Lipinski definition) is 2. The maximum atomic E-state index is 12.5. The second-order valence-electron chi connectivity index (χ2n) is 5.74. The molecule has 0 saturated heterocycles. The van der Waals surface area contributed by atoms with E-state index in [4.69, 9.17) is 0 Å². The molecule has 4 heteroatoms. The molecule has 124 valence electrons. The van der Waals surface area contributed by atoms with Crippen molar-refractivity contribution in [2.45, 2.75) is 6.92 Å². The molecule has 0 radical (unpaired) electrons. The second-order valence-corrected chi connectivity index (χ2v) is 5.74. The van der Waals surface area contributed by atoms with Crippen molar-refractivity contribution in [2.24, 2.45) is 0 Å². The highest BCUT2D eigenvalue weighted by Crippen LogP contribution is 2.25. The van der Waals surface area contributed by atoms with E-state index in [9.17, 15) is 14.7 Å². The molecule has 3 rings (SSSR count). The van der Waals surface area contributed by atoms with E-state index in [1.165, 1.54) is 6.07 Å². The zero-order valence-electron chi connectivity index (χ0n) is 13.7. The number of amides is 1. The predicted octanol–water partition coefficient (Wildman–Crippen LogP) is 4.61. The van der Waals surface area contributed by atoms with Crippen molar-refractivity contribution in [1.29, 1.82) is 0 Å². The summed E-state index contributed by atoms with van der Waals surface area (Å²) in [7, 11) is 0. The third-order valence-electron chi connectivity index (χ3n) is 3.93. The van der Waals surface area contributed by atoms with Gasteiger partial charge in [-0.05, 0) is 47.9 Å². The number of aryl methyl sites for hydroxylation is 1. The molecule has 3 aromatic rings. The molecule has 0 heterocycles. The van der Waals surface area contributed by atoms with Crippen LogP contribution in [0.5, 0.6) is 0 Å². The van der Waals surface area contributed by atoms with Gasteiger partial charge in [-0.1, -0.05) is 48.5 Å². The minimum absolute atomic E-state index is 0.126. The molecule has 2 N–H and O–H groups in total. The first kappa shape index (κ1) is 16.5. The largest absolute Gasteiger partial charge is 0.478 e. The first-order chi connectivity index (χ1) is 12.0. The molecule has 0 aliphatic rings. The number of carbonyl (C=O) groups is 2. The van der Waals surface area contributed by atoms with Gasteiger partial charge in [0.1, 0.15) is 0 Å². The van der Waals surface area contributed by atoms with Gasteiger partial charge >= 0.3 is 5.97 Å². The van der Waals surface area contributed by atoms with Gasteiger partial charge in [0.05, 0.1) is 5.56 Å². The fourth-order valence-corrected chi connectivity index (χ4v) is 2.65. The molecule has 0 spiro atoms. The van der Waals surface area contributed by atoms with Crippen LogP contribution in [0.15, 0.2) is 72.8 Å². The van der Waals surface area contributed by atoms with Crippen molar-refractivity contribution >= 4 is 17.6 Å². The minimum atomic E-state index is -1.04. The lowest BCUT2D eigenvalue weighted by molar-refractivity contribution is 0.0696. The number of carbonyl (C=O) groups excluding carboxylic acids is 1. The van der Waals surface area contributed by atoms with Crippen LogP contribution in [0, 0.1) is 6.92 Å². The lowest BCUT2D eigenvalue weighted by atomic mass is 10.0. The van der Waals surface area contributed by atoms with Gasteiger partial charge in [-0.15, -0.1) is 0 Å². The fraction of sp³-hybridized carbons (Fsp3) is 0.0476. The molecule has 0 fully saturated rings. The summed E-state index contributed by atoms with van der Waals surface area (Å²) in [6.07, 6.45) is 0. The van der Waals surface area contributed by atoms with E-state index in [2.05, 4.69) is 5.32 Å². The molecule has 0 aromatic heterocycles. The van der Waals surface area contributed by atoms with Gasteiger partial charge in [0.25, 0.3) is 5.91 Å². The summed E-state index contributed by atoms with van der Waals surface area (Å²) in [6, 6.07) is 21.6. The van der Waals surface area contributed by atoms with Crippen molar-refractivity contribution in [3.63, 3.8) is 0 Å². The summed E-state index contributed by atoms with van der Waals surface area (Å²) >= 11 is 0. The number of anilines is 1. The Morgan fingerprint density at radius 1 is 0.840 bits per heavy atom. The molecule has 0 aliphatic carbocycles. The van der Waals surface area contributed by atoms with Crippen molar-refractivity contribution in [3.8, 4) is 11.1 Å². The summed E-state index contributed by atoms with van der Waals surface area (Å²) in [5, 5.41) is 12.2. The van der Waals surface area contributed by atoms with Crippen LogP contribution in [-0.2, 0) is 0 Å². The van der Waals surface area contributed by atoms with Crippen LogP contribution in [0.3, 0.4) is 0 Å². The number of benzene rings is 3. The highest BCUT2D eigenvalue weighted by molar-refractivity contribution is 6.06. The highest BCUT2D eigenvalue weighted by Gasteiger charge is 2.12. The van der Waals surface area contributed by atoms with Gasteiger partial charge in [0.15, 0.2) is 0 Å². The molecule has 0 unspecified atom stereocenters. The Bertz CT molecular complexity index is 933. The zero-order valence-corrected chi connectivity index (χ0v) is 13.7. The monoisotopic (exact) mass is 331 g/mol. The van der Waals surface area contributed by atoms with E-state index >= 15 is 0 Å². The van der Waals surface area contributed by atoms with E-state index in [0.717, 1.165) is 16.7 Å². The fourth-order valence-electron chi connectivity index (χ4n) is 2.65. The van der Waals surface area contributed by atoms with Crippen molar-refractivity contribution in [1.82, 2.24) is 0 Å². The first-order valence-electron chi connectivity index (χ1n) is 7.85. The van der Waals surface area contributed by atoms with Gasteiger partial charge < -0.3 is 10.4 Å². The molecule has 0 aliphatic heterocycles. The second kappa shape index (κ2) is 7.01. The summed E-state index contributed by atoms with van der Waals surface area (Å²) in [5.74, 6) is -1.30. The predicted molar refractivity (Wildman–Crippen MR) is 98.0 cm³/mol. The van der Waals surface area contributed by atoms with Crippen LogP contribution in [0.1, 0.15) is 26.3 Å². The molecule has 0 bridgehead atoms. The van der Waals surface area contributed by atoms with Crippen LogP contribution in [0.2, 0.25) is 0 Å². The van der Waals surface area contributed by atoms with E-state index in [1.807, 2.05) is 49.4 Å². The number of hydrogen-bond donors (Lipinski definition) is 2. The lowest BCUT2D eigenvalue weighted by Gasteiger charge is -2.11. The standard InChI is InChI=1S/C21H17NO3/c1-14-7-5-6-10-19(14)20(23)22-18-12-16(11-17(13-18)21(24)25)15-8-3-2-4-9-15/h2-13H,1H3,(H,22,23)(H,24,25). The third-order valence-corrected chi connectivity index (χ3v) is 3.93. The van der Waals surface area contributed by atoms with Gasteiger partial charge in [-0.25, -0.2) is 4.79 Å². The Hall–Kier alpha value is -3.40. The zero-order chi connectivity index (χ0) is 17.8. The number of carboxylic acids is 1. The molecule has 1 amide bonds. The van der Waals surface area contributed by atoms with Crippen LogP contribution in [-0.4, -0.2) is 17.0 Å². The molecule has 4 nitrogen and oxygen atoms in total. The maximum absolute atomic E-state index is 12.5. The van der Waals surface area contributed by atoms with E-state index in [-0.39, 0.29) is 11.5 Å². The topological polar surface area (TPSA) is 66.4 Å². The maximum Gasteiger partial charge on any atom is 0.335 e. The Morgan fingerprint density at radius 3 is 2.20 bits per heavy atom. The number of carboxylic acid groups (broad SMARTS) is 1. The highest BCUT2D eigenvalue weighted by atomic mass is 16.4. The van der Waals surface area contributed by atoms with Crippen LogP contribution in [0.4, 0.5) is 5.69 Å². The Balaban J connectivity index is 1.98. The Kier molecular flexibility index (Phi) is 4.61. The molecule has 0 atom stereocenters. The lowest BCUT2D eigenvalue weighted by Crippen LogP contribution is -2.14. The molecular weight excluding hydrogens is 314 g/mol. The quantitative estimate of drug-likeness (QED) is 0.733. The van der Waals surface area contributed by atoms with Gasteiger partial charge in [-0.2, -0.15) is 0 Å². The summed E-state index contributed by atoms with van der Waals surface area (Å²) < 4.78 is 0. The SMILES string of the molecule is Cc1ccccc1C(=O)Nc1cc(C(=O)O)cc(-c2ccccc2)c1. The van der Waals surface area contributed by atoms with Crippen molar-refractivity contribution < 1.29 is 14.7 Å². The minimum Gasteiger partial charge on any atom is -0.478 e. The van der Waals surface area contributed by atoms with Gasteiger partial charge in [-0.3, -0.25) is 4.79 Å². The Morgan fingerprint density at radius 2 is 1.52 bits per heavy atom. The van der Waals surface area contributed by atoms with Crippen molar-refractivity contribution in [3.05, 3.63) is 89.5 Å². The number of aromatic carboxylic acids is 1. The van der Waals surface area contributed by atoms with E-state index in [1.54, 1.807) is 24.3 Å². The summed E-state index contributed by atoms with van der Waals surface area (Å²) in [5.41, 5.74) is 3.62. The van der Waals surface area contributed by atoms with Crippen molar-refractivity contribution in [2.75, 3.05) is 5.32 Å². The van der Waals surface area contributed by atoms with E-state index < -0.39 is 5.97 Å². The summed E-state index contributed by atoms with van der Waals surface area (Å²) in [4.78, 5) is 23.9. The van der Waals surface area contributed by atoms with Gasteiger partial charge in [0.2, 0.25) is 0 Å². The average molecular weight is 331 g/mol. The van der Waals surface area contributed by atoms with E-state index in [0.29, 0.717) is 11.3 Å². The molecule has 0 saturated carbocycles. The molecule has 25 heavy (non-hydrogen) atoms. The number of nitrogens with one attached hydrogen (secondary N) is 1. The summed E-state index contributed by atoms with van der Waals surface area (Å²) in [6.45, 7) is 1.86. The first-order valence-corrected chi connectivity index (χ1v) is 7.85. The smallest absolute Gasteiger partial charge is 0.335 e. The van der Waals surface area contributed by atoms with Gasteiger partial charge in [0, 0.05) is 11.3 Å². The van der Waals surface area contributed by atoms with Crippen LogP contribution in [0.25, 0.3) is 11.1 Å². The normalized spacial score (nSPS) is 10.3. The molecule has 3 aromatic carbocycles. The Labute approximate surface area is 145 Å². The van der Waals surface area contributed by atoms with Crippen LogP contribution >= 0.6 is 0 Å². The molecular formula is C21H17NO3. The van der Waals surface area contributed by atoms with Crippen LogP contribution < -0.4 is 5.32 Å². The average Bonchev–Trinajstić information content (AvgIpc) is 2.62. The number of rotatable bonds is 4. The third kappa shape index (κ3) is 3.75.